The molecule has 0 radical (unpaired) electrons. The van der Waals surface area contributed by atoms with Gasteiger partial charge in [0.1, 0.15) is 0 Å². The van der Waals surface area contributed by atoms with E-state index >= 15 is 0 Å². The van der Waals surface area contributed by atoms with Gasteiger partial charge in [0.15, 0.2) is 0 Å². The molecule has 10 heteroatoms. The summed E-state index contributed by atoms with van der Waals surface area (Å²) >= 11 is 0. The maximum absolute atomic E-state index is 13.9. The highest BCUT2D eigenvalue weighted by Gasteiger charge is 2.41. The van der Waals surface area contributed by atoms with Crippen LogP contribution in [0.3, 0.4) is 0 Å². The van der Waals surface area contributed by atoms with Crippen LogP contribution in [0, 0.1) is 0 Å². The lowest BCUT2D eigenvalue weighted by molar-refractivity contribution is 0.594. The maximum atomic E-state index is 13.9. The average Bonchev–Trinajstić information content (AvgIpc) is 0.759. The van der Waals surface area contributed by atoms with Gasteiger partial charge in [-0.3, -0.25) is 0 Å². The van der Waals surface area contributed by atoms with Crippen LogP contribution in [0.15, 0.2) is 311 Å². The number of nitrogens with zero attached hydrogens (tertiary/aromatic N) is 4. The lowest BCUT2D eigenvalue weighted by atomic mass is 9.73. The summed E-state index contributed by atoms with van der Waals surface area (Å²) in [6.45, 7) is 18.1. The molecule has 94 heavy (non-hydrogen) atoms. The Hall–Kier alpha value is -10.3. The second-order valence-corrected chi connectivity index (χ2v) is 30.9. The van der Waals surface area contributed by atoms with E-state index in [9.17, 15) is 16.8 Å². The summed E-state index contributed by atoms with van der Waals surface area (Å²) in [6.07, 6.45) is 0. The molecular formula is C84H72N4O4S2. The first-order valence-corrected chi connectivity index (χ1v) is 35.0. The van der Waals surface area contributed by atoms with E-state index in [1.807, 2.05) is 48.5 Å². The van der Waals surface area contributed by atoms with Crippen LogP contribution in [-0.2, 0) is 41.3 Å². The number of hydrogen-bond acceptors (Lipinski definition) is 8. The van der Waals surface area contributed by atoms with E-state index in [4.69, 9.17) is 0 Å². The number of fused-ring (bicyclic) bond motifs is 8. The molecule has 8 nitrogen and oxygen atoms in total. The van der Waals surface area contributed by atoms with Gasteiger partial charge in [-0.1, -0.05) is 201 Å². The van der Waals surface area contributed by atoms with Crippen LogP contribution in [-0.4, -0.2) is 16.8 Å². The molecule has 0 saturated carbocycles. The van der Waals surface area contributed by atoms with Crippen molar-refractivity contribution in [2.45, 2.75) is 96.6 Å². The van der Waals surface area contributed by atoms with Crippen molar-refractivity contribution < 1.29 is 16.8 Å². The van der Waals surface area contributed by atoms with Gasteiger partial charge >= 0.3 is 0 Å². The van der Waals surface area contributed by atoms with E-state index in [0.29, 0.717) is 0 Å². The Bertz CT molecular complexity index is 4360. The van der Waals surface area contributed by atoms with E-state index in [1.54, 1.807) is 48.5 Å². The molecule has 0 N–H and O–H groups in total. The highest BCUT2D eigenvalue weighted by molar-refractivity contribution is 7.91. The molecule has 4 aliphatic heterocycles. The molecule has 0 bridgehead atoms. The zero-order valence-corrected chi connectivity index (χ0v) is 55.6. The molecule has 12 aromatic carbocycles. The van der Waals surface area contributed by atoms with Crippen LogP contribution in [0.4, 0.5) is 68.2 Å². The molecule has 0 saturated heterocycles. The SMILES string of the molecule is CC1(C)c2ccccc2N(c2ccc(S(=O)(=O)c3ccc(N4c5ccccc5C(C)(C)c5ccccc54)cc3)cc2)c2ccccc21.CC1(C)c2ccccc2N(c2ccc(S(=O)(=O)c3ccc(N4c5ccccc5C(C)(C)c5ccccc54)cc3)cc2)c2ccccc21. The van der Waals surface area contributed by atoms with Gasteiger partial charge in [0.05, 0.1) is 65.1 Å². The van der Waals surface area contributed by atoms with Crippen LogP contribution in [0.2, 0.25) is 0 Å². The summed E-state index contributed by atoms with van der Waals surface area (Å²) in [5.41, 5.74) is 21.7. The minimum atomic E-state index is -3.75. The molecule has 0 atom stereocenters. The van der Waals surface area contributed by atoms with Crippen molar-refractivity contribution in [2.24, 2.45) is 0 Å². The number of para-hydroxylation sites is 8. The molecule has 0 spiro atoms. The van der Waals surface area contributed by atoms with Crippen molar-refractivity contribution >= 4 is 87.9 Å². The maximum Gasteiger partial charge on any atom is 0.206 e. The predicted octanol–water partition coefficient (Wildman–Crippen LogP) is 21.5. The zero-order valence-electron chi connectivity index (χ0n) is 54.0. The lowest BCUT2D eigenvalue weighted by Gasteiger charge is -2.42. The van der Waals surface area contributed by atoms with Gasteiger partial charge in [0, 0.05) is 44.4 Å². The minimum Gasteiger partial charge on any atom is -0.310 e. The largest absolute Gasteiger partial charge is 0.310 e. The van der Waals surface area contributed by atoms with E-state index in [0.717, 1.165) is 68.2 Å². The summed E-state index contributed by atoms with van der Waals surface area (Å²) in [5, 5.41) is 0. The van der Waals surface area contributed by atoms with E-state index in [-0.39, 0.29) is 41.2 Å². The third-order valence-electron chi connectivity index (χ3n) is 20.2. The molecule has 0 fully saturated rings. The summed E-state index contributed by atoms with van der Waals surface area (Å²) in [4.78, 5) is 10.00. The number of sulfone groups is 2. The van der Waals surface area contributed by atoms with E-state index in [2.05, 4.69) is 269 Å². The molecule has 0 aliphatic carbocycles. The number of benzene rings is 12. The molecule has 464 valence electrons. The molecule has 0 unspecified atom stereocenters. The second kappa shape index (κ2) is 22.2. The topological polar surface area (TPSA) is 81.2 Å². The molecule has 0 amide bonds. The van der Waals surface area contributed by atoms with Gasteiger partial charge in [-0.05, 0) is 190 Å². The van der Waals surface area contributed by atoms with Crippen LogP contribution in [0.1, 0.15) is 99.9 Å². The summed E-state index contributed by atoms with van der Waals surface area (Å²) in [5.74, 6) is 0. The predicted molar refractivity (Wildman–Crippen MR) is 384 cm³/mol. The van der Waals surface area contributed by atoms with Gasteiger partial charge in [-0.25, -0.2) is 16.8 Å². The monoisotopic (exact) mass is 1260 g/mol. The first kappa shape index (κ1) is 60.0. The molecular weight excluding hydrogens is 1190 g/mol. The molecule has 4 aliphatic rings. The van der Waals surface area contributed by atoms with Crippen LogP contribution < -0.4 is 19.6 Å². The number of rotatable bonds is 8. The smallest absolute Gasteiger partial charge is 0.206 e. The van der Waals surface area contributed by atoms with Gasteiger partial charge in [0.25, 0.3) is 0 Å². The summed E-state index contributed by atoms with van der Waals surface area (Å²) in [6, 6.07) is 96.8. The molecule has 4 heterocycles. The normalized spacial score (nSPS) is 15.7. The third-order valence-corrected chi connectivity index (χ3v) is 23.7. The standard InChI is InChI=1S/2C42H36N2O2S/c2*1-41(2)33-13-5-9-17-37(33)43(38-18-10-6-14-34(38)41)29-21-25-31(26-22-29)47(45,46)32-27-23-30(24-28-32)44-39-19-11-7-15-35(39)42(3,4)36-16-8-12-20-40(36)44/h2*5-28H,1-4H3. The molecule has 12 aromatic rings. The Labute approximate surface area is 553 Å². The number of hydrogen-bond donors (Lipinski definition) is 0. The lowest BCUT2D eigenvalue weighted by Crippen LogP contribution is -2.30. The molecule has 16 rings (SSSR count). The van der Waals surface area contributed by atoms with Crippen LogP contribution >= 0.6 is 0 Å². The van der Waals surface area contributed by atoms with Crippen molar-refractivity contribution in [3.05, 3.63) is 336 Å². The Morgan fingerprint density at radius 2 is 0.319 bits per heavy atom. The van der Waals surface area contributed by atoms with Crippen molar-refractivity contribution in [3.63, 3.8) is 0 Å². The summed E-state index contributed by atoms with van der Waals surface area (Å²) in [7, 11) is -7.50. The summed E-state index contributed by atoms with van der Waals surface area (Å²) < 4.78 is 55.8. The average molecular weight is 1270 g/mol. The Morgan fingerprint density at radius 3 is 0.457 bits per heavy atom. The van der Waals surface area contributed by atoms with Crippen LogP contribution in [0.25, 0.3) is 0 Å². The van der Waals surface area contributed by atoms with Crippen LogP contribution in [0.5, 0.6) is 0 Å². The van der Waals surface area contributed by atoms with Crippen molar-refractivity contribution in [1.82, 2.24) is 0 Å². The Morgan fingerprint density at radius 1 is 0.191 bits per heavy atom. The van der Waals surface area contributed by atoms with Gasteiger partial charge < -0.3 is 19.6 Å². The van der Waals surface area contributed by atoms with Gasteiger partial charge in [0.2, 0.25) is 19.7 Å². The van der Waals surface area contributed by atoms with Gasteiger partial charge in [-0.2, -0.15) is 0 Å². The Kier molecular flexibility index (Phi) is 14.2. The van der Waals surface area contributed by atoms with Gasteiger partial charge in [-0.15, -0.1) is 0 Å². The number of anilines is 12. The first-order chi connectivity index (χ1) is 45.2. The fourth-order valence-corrected chi connectivity index (χ4v) is 17.7. The highest BCUT2D eigenvalue weighted by atomic mass is 32.2. The van der Waals surface area contributed by atoms with Crippen molar-refractivity contribution in [2.75, 3.05) is 19.6 Å². The minimum absolute atomic E-state index is 0.159. The van der Waals surface area contributed by atoms with E-state index in [1.165, 1.54) is 44.5 Å². The van der Waals surface area contributed by atoms with Crippen molar-refractivity contribution in [3.8, 4) is 0 Å². The third kappa shape index (κ3) is 9.43. The van der Waals surface area contributed by atoms with Crippen molar-refractivity contribution in [1.29, 1.82) is 0 Å². The highest BCUT2D eigenvalue weighted by Crippen LogP contribution is 2.56. The fraction of sp³-hybridized carbons (Fsp3) is 0.143. The molecule has 0 aromatic heterocycles. The quantitative estimate of drug-likeness (QED) is 0.149. The first-order valence-electron chi connectivity index (χ1n) is 32.1. The zero-order chi connectivity index (χ0) is 65.1. The Balaban J connectivity index is 0.000000155. The second-order valence-electron chi connectivity index (χ2n) is 27.0. The van der Waals surface area contributed by atoms with E-state index < -0.39 is 19.7 Å². The fourth-order valence-electron chi connectivity index (χ4n) is 15.2.